The van der Waals surface area contributed by atoms with Crippen LogP contribution in [0.25, 0.3) is 0 Å². The quantitative estimate of drug-likeness (QED) is 0.631. The van der Waals surface area contributed by atoms with Gasteiger partial charge in [-0.25, -0.2) is 0 Å². The Morgan fingerprint density at radius 3 is 2.43 bits per heavy atom. The van der Waals surface area contributed by atoms with Crippen LogP contribution in [0.3, 0.4) is 0 Å². The van der Waals surface area contributed by atoms with Crippen molar-refractivity contribution in [1.29, 1.82) is 0 Å². The zero-order chi connectivity index (χ0) is 9.76. The molecule has 0 N–H and O–H groups in total. The van der Waals surface area contributed by atoms with Gasteiger partial charge in [-0.05, 0) is 38.0 Å². The Morgan fingerprint density at radius 2 is 1.93 bits per heavy atom. The van der Waals surface area contributed by atoms with Crippen LogP contribution in [-0.4, -0.2) is 29.8 Å². The molecule has 0 amide bonds. The summed E-state index contributed by atoms with van der Waals surface area (Å²) in [5.41, 5.74) is 0.0810. The van der Waals surface area contributed by atoms with E-state index in [1.807, 2.05) is 7.11 Å². The summed E-state index contributed by atoms with van der Waals surface area (Å²) in [6.45, 7) is 0. The molecule has 0 radical (unpaired) electrons. The highest BCUT2D eigenvalue weighted by Gasteiger charge is 2.55. The lowest BCUT2D eigenvalue weighted by Gasteiger charge is -2.58. The molecule has 2 aliphatic heterocycles. The Kier molecular flexibility index (Phi) is 1.66. The average molecular weight is 196 g/mol. The second-order valence-corrected chi connectivity index (χ2v) is 5.11. The third kappa shape index (κ3) is 0.975. The lowest BCUT2D eigenvalue weighted by molar-refractivity contribution is -0.173. The molecule has 4 nitrogen and oxygen atoms in total. The van der Waals surface area contributed by atoms with Crippen molar-refractivity contribution in [1.82, 2.24) is 5.01 Å². The highest BCUT2D eigenvalue weighted by molar-refractivity contribution is 5.07. The van der Waals surface area contributed by atoms with Gasteiger partial charge < -0.3 is 4.74 Å². The van der Waals surface area contributed by atoms with Gasteiger partial charge >= 0.3 is 0 Å². The number of methoxy groups -OCH3 is 1. The van der Waals surface area contributed by atoms with Crippen molar-refractivity contribution in [2.75, 3.05) is 7.11 Å². The highest BCUT2D eigenvalue weighted by Crippen LogP contribution is 2.52. The fourth-order valence-electron chi connectivity index (χ4n) is 3.92. The lowest BCUT2D eigenvalue weighted by Crippen LogP contribution is -2.63. The minimum Gasteiger partial charge on any atom is -0.378 e. The maximum absolute atomic E-state index is 10.7. The predicted molar refractivity (Wildman–Crippen MR) is 51.5 cm³/mol. The van der Waals surface area contributed by atoms with E-state index in [4.69, 9.17) is 4.74 Å². The van der Waals surface area contributed by atoms with E-state index in [9.17, 15) is 4.91 Å². The smallest absolute Gasteiger partial charge is 0.0721 e. The first kappa shape index (κ1) is 8.65. The Balaban J connectivity index is 1.91. The molecule has 4 fully saturated rings. The molecule has 4 aliphatic rings. The highest BCUT2D eigenvalue weighted by atomic mass is 16.5. The second-order valence-electron chi connectivity index (χ2n) is 5.11. The van der Waals surface area contributed by atoms with Crippen molar-refractivity contribution in [3.63, 3.8) is 0 Å². The monoisotopic (exact) mass is 196 g/mol. The van der Waals surface area contributed by atoms with Crippen LogP contribution >= 0.6 is 0 Å². The van der Waals surface area contributed by atoms with Gasteiger partial charge in [-0.3, -0.25) is 5.01 Å². The molecule has 0 aromatic heterocycles. The molecule has 14 heavy (non-hydrogen) atoms. The number of hydrogen-bond donors (Lipinski definition) is 0. The topological polar surface area (TPSA) is 41.9 Å². The SMILES string of the molecule is COC12CC3CC(C1)N(N=O)C(C3)C2. The van der Waals surface area contributed by atoms with Crippen LogP contribution in [0.2, 0.25) is 0 Å². The molecule has 2 atom stereocenters. The summed E-state index contributed by atoms with van der Waals surface area (Å²) in [4.78, 5) is 10.7. The lowest BCUT2D eigenvalue weighted by atomic mass is 9.61. The summed E-state index contributed by atoms with van der Waals surface area (Å²) >= 11 is 0. The maximum Gasteiger partial charge on any atom is 0.0721 e. The Labute approximate surface area is 83.5 Å². The normalized spacial score (nSPS) is 49.8. The summed E-state index contributed by atoms with van der Waals surface area (Å²) in [6.07, 6.45) is 5.49. The molecule has 4 rings (SSSR count). The Hall–Kier alpha value is -0.640. The van der Waals surface area contributed by atoms with Crippen molar-refractivity contribution in [3.05, 3.63) is 4.91 Å². The first-order valence-corrected chi connectivity index (χ1v) is 5.43. The van der Waals surface area contributed by atoms with Crippen molar-refractivity contribution < 1.29 is 4.74 Å². The second kappa shape index (κ2) is 2.69. The number of rotatable bonds is 2. The number of hydrogen-bond acceptors (Lipinski definition) is 3. The minimum atomic E-state index is 0.0810. The third-order valence-electron chi connectivity index (χ3n) is 4.36. The summed E-state index contributed by atoms with van der Waals surface area (Å²) in [7, 11) is 1.81. The van der Waals surface area contributed by atoms with Gasteiger partial charge in [-0.15, -0.1) is 4.91 Å². The Morgan fingerprint density at radius 1 is 1.29 bits per heavy atom. The number of nitroso groups, excluding NO2 is 1. The number of ether oxygens (including phenoxy) is 1. The van der Waals surface area contributed by atoms with Gasteiger partial charge in [0, 0.05) is 7.11 Å². The van der Waals surface area contributed by atoms with Crippen molar-refractivity contribution >= 4 is 0 Å². The van der Waals surface area contributed by atoms with E-state index in [1.54, 1.807) is 5.01 Å². The van der Waals surface area contributed by atoms with Gasteiger partial charge in [0.2, 0.25) is 0 Å². The van der Waals surface area contributed by atoms with Crippen LogP contribution in [0.4, 0.5) is 0 Å². The first-order valence-electron chi connectivity index (χ1n) is 5.43. The van der Waals surface area contributed by atoms with Gasteiger partial charge in [0.25, 0.3) is 0 Å². The number of piperidine rings is 2. The summed E-state index contributed by atoms with van der Waals surface area (Å²) in [5, 5.41) is 4.98. The maximum atomic E-state index is 10.7. The fraction of sp³-hybridized carbons (Fsp3) is 1.00. The molecular weight excluding hydrogens is 180 g/mol. The van der Waals surface area contributed by atoms with Gasteiger partial charge in [0.15, 0.2) is 0 Å². The van der Waals surface area contributed by atoms with E-state index in [0.29, 0.717) is 12.1 Å². The van der Waals surface area contributed by atoms with Crippen molar-refractivity contribution in [3.8, 4) is 0 Å². The summed E-state index contributed by atoms with van der Waals surface area (Å²) in [6, 6.07) is 0.720. The molecule has 0 aromatic rings. The molecule has 2 aliphatic carbocycles. The molecule has 4 bridgehead atoms. The van der Waals surface area contributed by atoms with Gasteiger partial charge in [0.05, 0.1) is 23.0 Å². The molecule has 78 valence electrons. The largest absolute Gasteiger partial charge is 0.378 e. The molecule has 2 saturated heterocycles. The Bertz CT molecular complexity index is 253. The van der Waals surface area contributed by atoms with Crippen LogP contribution < -0.4 is 0 Å². The van der Waals surface area contributed by atoms with E-state index in [1.165, 1.54) is 6.42 Å². The third-order valence-corrected chi connectivity index (χ3v) is 4.36. The van der Waals surface area contributed by atoms with Gasteiger partial charge in [-0.2, -0.15) is 0 Å². The van der Waals surface area contributed by atoms with Crippen LogP contribution in [0.5, 0.6) is 0 Å². The van der Waals surface area contributed by atoms with Crippen LogP contribution in [-0.2, 0) is 4.74 Å². The summed E-state index contributed by atoms with van der Waals surface area (Å²) in [5.74, 6) is 0.769. The van der Waals surface area contributed by atoms with Crippen molar-refractivity contribution in [2.24, 2.45) is 11.2 Å². The van der Waals surface area contributed by atoms with E-state index in [2.05, 4.69) is 5.29 Å². The van der Waals surface area contributed by atoms with E-state index >= 15 is 0 Å². The standard InChI is InChI=1S/C10H16N2O2/c1-14-10-4-7-2-8(5-10)12(11-13)9(3-7)6-10/h7-9H,2-6H2,1H3. The molecule has 4 heteroatoms. The average Bonchev–Trinajstić information content (AvgIpc) is 2.17. The molecule has 0 spiro atoms. The number of nitrogens with zero attached hydrogens (tertiary/aromatic N) is 2. The first-order chi connectivity index (χ1) is 6.76. The van der Waals surface area contributed by atoms with Crippen molar-refractivity contribution in [2.45, 2.75) is 49.8 Å². The van der Waals surface area contributed by atoms with Crippen LogP contribution in [0.15, 0.2) is 5.29 Å². The van der Waals surface area contributed by atoms with Gasteiger partial charge in [0.1, 0.15) is 0 Å². The predicted octanol–water partition coefficient (Wildman–Crippen LogP) is 1.70. The summed E-state index contributed by atoms with van der Waals surface area (Å²) < 4.78 is 5.67. The van der Waals surface area contributed by atoms with E-state index in [0.717, 1.165) is 31.6 Å². The van der Waals surface area contributed by atoms with Crippen LogP contribution in [0.1, 0.15) is 32.1 Å². The van der Waals surface area contributed by atoms with E-state index in [-0.39, 0.29) is 5.60 Å². The molecule has 2 saturated carbocycles. The zero-order valence-corrected chi connectivity index (χ0v) is 8.48. The minimum absolute atomic E-state index is 0.0810. The zero-order valence-electron chi connectivity index (χ0n) is 8.48. The fourth-order valence-corrected chi connectivity index (χ4v) is 3.92. The van der Waals surface area contributed by atoms with E-state index < -0.39 is 0 Å². The molecular formula is C10H16N2O2. The molecule has 2 unspecified atom stereocenters. The van der Waals surface area contributed by atoms with Gasteiger partial charge in [-0.1, -0.05) is 0 Å². The molecule has 2 heterocycles. The van der Waals surface area contributed by atoms with Crippen LogP contribution in [0, 0.1) is 10.8 Å². The molecule has 0 aromatic carbocycles.